The topological polar surface area (TPSA) is 40.7 Å². The van der Waals surface area contributed by atoms with Crippen LogP contribution in [0.2, 0.25) is 0 Å². The van der Waals surface area contributed by atoms with E-state index in [1.165, 1.54) is 43.2 Å². The molecule has 1 aliphatic rings. The molecule has 0 unspecified atom stereocenters. The van der Waals surface area contributed by atoms with Gasteiger partial charge in [0, 0.05) is 11.9 Å². The summed E-state index contributed by atoms with van der Waals surface area (Å²) in [5.74, 6) is 0.849. The second kappa shape index (κ2) is 4.78. The molecule has 3 heteroatoms. The van der Waals surface area contributed by atoms with E-state index in [2.05, 4.69) is 33.7 Å². The number of benzene rings is 1. The van der Waals surface area contributed by atoms with Gasteiger partial charge in [0.05, 0.1) is 17.4 Å². The molecule has 3 rings (SSSR count). The van der Waals surface area contributed by atoms with Gasteiger partial charge in [-0.1, -0.05) is 31.4 Å². The molecule has 17 heavy (non-hydrogen) atoms. The minimum Gasteiger partial charge on any atom is -0.383 e. The quantitative estimate of drug-likeness (QED) is 0.845. The van der Waals surface area contributed by atoms with E-state index in [0.29, 0.717) is 0 Å². The highest BCUT2D eigenvalue weighted by Crippen LogP contribution is 2.25. The van der Waals surface area contributed by atoms with Crippen molar-refractivity contribution in [2.45, 2.75) is 32.1 Å². The first-order valence-electron chi connectivity index (χ1n) is 6.59. The van der Waals surface area contributed by atoms with Gasteiger partial charge in [-0.3, -0.25) is 5.10 Å². The predicted octanol–water partition coefficient (Wildman–Crippen LogP) is 3.56. The molecule has 0 spiro atoms. The Hall–Kier alpha value is -1.51. The van der Waals surface area contributed by atoms with Gasteiger partial charge in [0.1, 0.15) is 0 Å². The maximum Gasteiger partial charge on any atom is 0.0881 e. The van der Waals surface area contributed by atoms with Crippen LogP contribution in [0, 0.1) is 5.92 Å². The number of fused-ring (bicyclic) bond motifs is 1. The summed E-state index contributed by atoms with van der Waals surface area (Å²) in [7, 11) is 0. The Balaban J connectivity index is 1.69. The van der Waals surface area contributed by atoms with Crippen molar-refractivity contribution in [3.05, 3.63) is 24.4 Å². The minimum atomic E-state index is 0.849. The van der Waals surface area contributed by atoms with Gasteiger partial charge in [-0.05, 0) is 24.8 Å². The van der Waals surface area contributed by atoms with Crippen LogP contribution >= 0.6 is 0 Å². The Morgan fingerprint density at radius 2 is 2.12 bits per heavy atom. The first kappa shape index (κ1) is 10.6. The molecule has 0 radical (unpaired) electrons. The first-order chi connectivity index (χ1) is 8.43. The van der Waals surface area contributed by atoms with Crippen molar-refractivity contribution in [2.75, 3.05) is 11.9 Å². The number of anilines is 1. The fraction of sp³-hybridized carbons (Fsp3) is 0.500. The second-order valence-electron chi connectivity index (χ2n) is 5.02. The molecule has 0 amide bonds. The van der Waals surface area contributed by atoms with Crippen LogP contribution in [-0.4, -0.2) is 16.7 Å². The number of rotatable bonds is 3. The Kier molecular flexibility index (Phi) is 2.99. The molecule has 0 bridgehead atoms. The van der Waals surface area contributed by atoms with Gasteiger partial charge in [0.25, 0.3) is 0 Å². The van der Waals surface area contributed by atoms with Crippen LogP contribution < -0.4 is 5.32 Å². The maximum atomic E-state index is 4.09. The molecule has 1 heterocycles. The lowest BCUT2D eigenvalue weighted by atomic mass is 9.89. The monoisotopic (exact) mass is 229 g/mol. The average Bonchev–Trinajstić information content (AvgIpc) is 2.86. The van der Waals surface area contributed by atoms with Gasteiger partial charge in [0.15, 0.2) is 0 Å². The third-order valence-electron chi connectivity index (χ3n) is 3.78. The van der Waals surface area contributed by atoms with Crippen LogP contribution in [0.1, 0.15) is 32.1 Å². The highest BCUT2D eigenvalue weighted by molar-refractivity contribution is 5.89. The van der Waals surface area contributed by atoms with Crippen molar-refractivity contribution in [3.63, 3.8) is 0 Å². The molecule has 90 valence electrons. The first-order valence-corrected chi connectivity index (χ1v) is 6.59. The van der Waals surface area contributed by atoms with Gasteiger partial charge >= 0.3 is 0 Å². The van der Waals surface area contributed by atoms with E-state index in [1.807, 2.05) is 6.20 Å². The molecule has 2 N–H and O–H groups in total. The van der Waals surface area contributed by atoms with Crippen LogP contribution in [0.5, 0.6) is 0 Å². The molecular formula is C14H19N3. The number of hydrogen-bond donors (Lipinski definition) is 2. The van der Waals surface area contributed by atoms with E-state index < -0.39 is 0 Å². The molecule has 2 aromatic rings. The minimum absolute atomic E-state index is 0.849. The molecule has 1 aromatic heterocycles. The summed E-state index contributed by atoms with van der Waals surface area (Å²) >= 11 is 0. The average molecular weight is 229 g/mol. The normalized spacial score (nSPS) is 17.4. The fourth-order valence-electron chi connectivity index (χ4n) is 2.76. The Labute approximate surface area is 102 Å². The van der Waals surface area contributed by atoms with Gasteiger partial charge in [-0.25, -0.2) is 0 Å². The van der Waals surface area contributed by atoms with Gasteiger partial charge in [-0.15, -0.1) is 0 Å². The Bertz CT molecular complexity index is 483. The number of para-hydroxylation sites is 1. The summed E-state index contributed by atoms with van der Waals surface area (Å²) in [5.41, 5.74) is 2.31. The van der Waals surface area contributed by atoms with Crippen LogP contribution in [0.15, 0.2) is 24.4 Å². The zero-order valence-corrected chi connectivity index (χ0v) is 10.1. The Morgan fingerprint density at radius 1 is 1.24 bits per heavy atom. The predicted molar refractivity (Wildman–Crippen MR) is 71.2 cm³/mol. The van der Waals surface area contributed by atoms with Crippen LogP contribution in [0.3, 0.4) is 0 Å². The van der Waals surface area contributed by atoms with E-state index in [4.69, 9.17) is 0 Å². The number of aromatic amines is 1. The molecule has 1 aliphatic carbocycles. The summed E-state index contributed by atoms with van der Waals surface area (Å²) in [6, 6.07) is 6.30. The lowest BCUT2D eigenvalue weighted by Crippen LogP contribution is -2.17. The zero-order valence-electron chi connectivity index (χ0n) is 10.1. The van der Waals surface area contributed by atoms with Gasteiger partial charge in [-0.2, -0.15) is 5.10 Å². The van der Waals surface area contributed by atoms with E-state index in [-0.39, 0.29) is 0 Å². The molecule has 0 aliphatic heterocycles. The summed E-state index contributed by atoms with van der Waals surface area (Å²) in [4.78, 5) is 0. The number of hydrogen-bond acceptors (Lipinski definition) is 2. The number of aromatic nitrogens is 2. The van der Waals surface area contributed by atoms with E-state index in [9.17, 15) is 0 Å². The molecule has 0 atom stereocenters. The highest BCUT2D eigenvalue weighted by atomic mass is 15.1. The molecule has 1 fully saturated rings. The van der Waals surface area contributed by atoms with Crippen molar-refractivity contribution < 1.29 is 0 Å². The van der Waals surface area contributed by atoms with E-state index in [1.54, 1.807) is 0 Å². The SMILES string of the molecule is c1cc(NCC2CCCCC2)c2[nH]ncc2c1. The highest BCUT2D eigenvalue weighted by Gasteiger charge is 2.13. The zero-order chi connectivity index (χ0) is 11.5. The molecule has 1 saturated carbocycles. The number of nitrogens with one attached hydrogen (secondary N) is 2. The smallest absolute Gasteiger partial charge is 0.0881 e. The molecule has 3 nitrogen and oxygen atoms in total. The summed E-state index contributed by atoms with van der Waals surface area (Å²) in [5, 5.41) is 11.9. The molecule has 0 saturated heterocycles. The van der Waals surface area contributed by atoms with Crippen LogP contribution in [-0.2, 0) is 0 Å². The van der Waals surface area contributed by atoms with Gasteiger partial charge < -0.3 is 5.32 Å². The number of nitrogens with zero attached hydrogens (tertiary/aromatic N) is 1. The van der Waals surface area contributed by atoms with Crippen molar-refractivity contribution in [1.29, 1.82) is 0 Å². The summed E-state index contributed by atoms with van der Waals surface area (Å²) in [6.07, 6.45) is 8.87. The van der Waals surface area contributed by atoms with Crippen molar-refractivity contribution in [1.82, 2.24) is 10.2 Å². The fourth-order valence-corrected chi connectivity index (χ4v) is 2.76. The van der Waals surface area contributed by atoms with Gasteiger partial charge in [0.2, 0.25) is 0 Å². The van der Waals surface area contributed by atoms with Crippen LogP contribution in [0.25, 0.3) is 10.9 Å². The third kappa shape index (κ3) is 2.28. The largest absolute Gasteiger partial charge is 0.383 e. The lowest BCUT2D eigenvalue weighted by molar-refractivity contribution is 0.373. The van der Waals surface area contributed by atoms with Crippen LogP contribution in [0.4, 0.5) is 5.69 Å². The number of H-pyrrole nitrogens is 1. The third-order valence-corrected chi connectivity index (χ3v) is 3.78. The van der Waals surface area contributed by atoms with E-state index >= 15 is 0 Å². The van der Waals surface area contributed by atoms with Crippen molar-refractivity contribution >= 4 is 16.6 Å². The molecular weight excluding hydrogens is 210 g/mol. The summed E-state index contributed by atoms with van der Waals surface area (Å²) < 4.78 is 0. The maximum absolute atomic E-state index is 4.09. The summed E-state index contributed by atoms with van der Waals surface area (Å²) in [6.45, 7) is 1.10. The van der Waals surface area contributed by atoms with Crippen molar-refractivity contribution in [2.24, 2.45) is 5.92 Å². The lowest BCUT2D eigenvalue weighted by Gasteiger charge is -2.22. The van der Waals surface area contributed by atoms with Crippen molar-refractivity contribution in [3.8, 4) is 0 Å². The van der Waals surface area contributed by atoms with E-state index in [0.717, 1.165) is 18.0 Å². The molecule has 1 aromatic carbocycles. The standard InChI is InChI=1S/C14H19N3/c1-2-5-11(6-3-1)9-15-13-8-4-7-12-10-16-17-14(12)13/h4,7-8,10-11,15H,1-3,5-6,9H2,(H,16,17). The Morgan fingerprint density at radius 3 is 3.00 bits per heavy atom. The second-order valence-corrected chi connectivity index (χ2v) is 5.02.